The molecule has 0 bridgehead atoms. The first-order valence-electron chi connectivity index (χ1n) is 9.02. The van der Waals surface area contributed by atoms with E-state index >= 15 is 0 Å². The molecule has 27 heavy (non-hydrogen) atoms. The van der Waals surface area contributed by atoms with Crippen molar-refractivity contribution in [2.24, 2.45) is 0 Å². The smallest absolute Gasteiger partial charge is 0.122 e. The van der Waals surface area contributed by atoms with Crippen LogP contribution in [0.25, 0.3) is 5.57 Å². The van der Waals surface area contributed by atoms with Gasteiger partial charge in [0.15, 0.2) is 0 Å². The number of benzene rings is 3. The first-order valence-corrected chi connectivity index (χ1v) is 9.02. The number of rotatable bonds is 8. The molecule has 3 aromatic rings. The van der Waals surface area contributed by atoms with E-state index in [1.165, 1.54) is 22.3 Å². The normalized spacial score (nSPS) is 9.96. The van der Waals surface area contributed by atoms with Gasteiger partial charge in [0.2, 0.25) is 0 Å². The highest BCUT2D eigenvalue weighted by Crippen LogP contribution is 2.22. The van der Waals surface area contributed by atoms with Gasteiger partial charge in [0, 0.05) is 6.54 Å². The standard InChI is InChI=1S/C24H25NO.ClH/c1-26-24-15-9-8-14-22(24)16-18-25-19-17-23(20-10-4-2-5-11-20)21-12-6-3-7-13-21;/h2-15,17,25H,16,18-19H2,1H3;1H. The molecule has 1 N–H and O–H groups in total. The van der Waals surface area contributed by atoms with E-state index in [2.05, 4.69) is 84.2 Å². The van der Waals surface area contributed by atoms with Crippen molar-refractivity contribution in [3.05, 3.63) is 108 Å². The summed E-state index contributed by atoms with van der Waals surface area (Å²) in [6.07, 6.45) is 3.22. The number of halogens is 1. The Morgan fingerprint density at radius 1 is 0.815 bits per heavy atom. The van der Waals surface area contributed by atoms with Crippen LogP contribution in [0, 0.1) is 0 Å². The second kappa shape index (κ2) is 11.2. The number of hydrogen-bond acceptors (Lipinski definition) is 2. The third-order valence-electron chi connectivity index (χ3n) is 4.38. The zero-order chi connectivity index (χ0) is 18.0. The van der Waals surface area contributed by atoms with Gasteiger partial charge >= 0.3 is 0 Å². The largest absolute Gasteiger partial charge is 0.496 e. The molecule has 0 radical (unpaired) electrons. The molecule has 3 heteroatoms. The second-order valence-corrected chi connectivity index (χ2v) is 6.12. The van der Waals surface area contributed by atoms with E-state index < -0.39 is 0 Å². The van der Waals surface area contributed by atoms with Gasteiger partial charge in [-0.15, -0.1) is 12.4 Å². The maximum atomic E-state index is 5.42. The minimum Gasteiger partial charge on any atom is -0.496 e. The van der Waals surface area contributed by atoms with Gasteiger partial charge in [-0.25, -0.2) is 0 Å². The molecule has 0 spiro atoms. The lowest BCUT2D eigenvalue weighted by atomic mass is 9.97. The number of methoxy groups -OCH3 is 1. The highest BCUT2D eigenvalue weighted by atomic mass is 35.5. The lowest BCUT2D eigenvalue weighted by molar-refractivity contribution is 0.409. The Morgan fingerprint density at radius 3 is 1.96 bits per heavy atom. The summed E-state index contributed by atoms with van der Waals surface area (Å²) in [6.45, 7) is 1.74. The first-order chi connectivity index (χ1) is 12.9. The van der Waals surface area contributed by atoms with Crippen molar-refractivity contribution in [1.29, 1.82) is 0 Å². The molecular formula is C24H26ClNO. The van der Waals surface area contributed by atoms with Gasteiger partial charge in [-0.3, -0.25) is 0 Å². The van der Waals surface area contributed by atoms with Gasteiger partial charge in [0.25, 0.3) is 0 Å². The van der Waals surface area contributed by atoms with E-state index in [9.17, 15) is 0 Å². The van der Waals surface area contributed by atoms with Crippen LogP contribution in [0.2, 0.25) is 0 Å². The van der Waals surface area contributed by atoms with E-state index in [-0.39, 0.29) is 12.4 Å². The molecule has 140 valence electrons. The minimum atomic E-state index is 0. The molecule has 0 aliphatic rings. The Balaban J connectivity index is 0.00000261. The van der Waals surface area contributed by atoms with Gasteiger partial charge in [-0.1, -0.05) is 84.9 Å². The van der Waals surface area contributed by atoms with E-state index in [0.717, 1.165) is 25.3 Å². The Hall–Kier alpha value is -2.55. The van der Waals surface area contributed by atoms with Crippen LogP contribution in [-0.4, -0.2) is 20.2 Å². The monoisotopic (exact) mass is 379 g/mol. The molecule has 3 rings (SSSR count). The van der Waals surface area contributed by atoms with E-state index in [1.807, 2.05) is 12.1 Å². The van der Waals surface area contributed by atoms with Crippen LogP contribution in [0.3, 0.4) is 0 Å². The van der Waals surface area contributed by atoms with Crippen LogP contribution >= 0.6 is 12.4 Å². The van der Waals surface area contributed by atoms with Crippen LogP contribution in [-0.2, 0) is 6.42 Å². The third kappa shape index (κ3) is 5.99. The molecule has 0 atom stereocenters. The zero-order valence-corrected chi connectivity index (χ0v) is 16.4. The molecule has 0 fully saturated rings. The van der Waals surface area contributed by atoms with Crippen molar-refractivity contribution in [2.75, 3.05) is 20.2 Å². The molecule has 0 heterocycles. The summed E-state index contributed by atoms with van der Waals surface area (Å²) in [4.78, 5) is 0. The summed E-state index contributed by atoms with van der Waals surface area (Å²) in [7, 11) is 1.72. The summed E-state index contributed by atoms with van der Waals surface area (Å²) in [6, 6.07) is 29.3. The summed E-state index contributed by atoms with van der Waals surface area (Å²) in [5, 5.41) is 3.52. The topological polar surface area (TPSA) is 21.3 Å². The zero-order valence-electron chi connectivity index (χ0n) is 15.6. The predicted molar refractivity (Wildman–Crippen MR) is 117 cm³/mol. The maximum absolute atomic E-state index is 5.42. The van der Waals surface area contributed by atoms with Crippen LogP contribution in [0.5, 0.6) is 5.75 Å². The summed E-state index contributed by atoms with van der Waals surface area (Å²) >= 11 is 0. The van der Waals surface area contributed by atoms with Crippen LogP contribution < -0.4 is 10.1 Å². The van der Waals surface area contributed by atoms with Gasteiger partial charge in [-0.05, 0) is 41.3 Å². The Kier molecular flexibility index (Phi) is 8.63. The van der Waals surface area contributed by atoms with E-state index in [0.29, 0.717) is 0 Å². The Morgan fingerprint density at radius 2 is 1.37 bits per heavy atom. The van der Waals surface area contributed by atoms with Crippen molar-refractivity contribution in [1.82, 2.24) is 5.32 Å². The molecule has 0 aromatic heterocycles. The van der Waals surface area contributed by atoms with Crippen molar-refractivity contribution in [3.8, 4) is 5.75 Å². The SMILES string of the molecule is COc1ccccc1CCNCC=C(c1ccccc1)c1ccccc1.Cl. The molecule has 0 saturated heterocycles. The average Bonchev–Trinajstić information content (AvgIpc) is 2.72. The van der Waals surface area contributed by atoms with Crippen molar-refractivity contribution >= 4 is 18.0 Å². The van der Waals surface area contributed by atoms with Crippen LogP contribution in [0.4, 0.5) is 0 Å². The maximum Gasteiger partial charge on any atom is 0.122 e. The highest BCUT2D eigenvalue weighted by molar-refractivity contribution is 5.85. The lowest BCUT2D eigenvalue weighted by Crippen LogP contribution is -2.17. The second-order valence-electron chi connectivity index (χ2n) is 6.12. The number of nitrogens with one attached hydrogen (secondary N) is 1. The molecular weight excluding hydrogens is 354 g/mol. The quantitative estimate of drug-likeness (QED) is 0.530. The lowest BCUT2D eigenvalue weighted by Gasteiger charge is -2.10. The van der Waals surface area contributed by atoms with Crippen molar-refractivity contribution in [3.63, 3.8) is 0 Å². The fourth-order valence-electron chi connectivity index (χ4n) is 3.05. The molecule has 0 amide bonds. The molecule has 0 aliphatic carbocycles. The van der Waals surface area contributed by atoms with Gasteiger partial charge in [0.1, 0.15) is 5.75 Å². The van der Waals surface area contributed by atoms with Gasteiger partial charge in [-0.2, -0.15) is 0 Å². The molecule has 3 aromatic carbocycles. The number of ether oxygens (including phenoxy) is 1. The summed E-state index contributed by atoms with van der Waals surface area (Å²) in [5.74, 6) is 0.958. The van der Waals surface area contributed by atoms with E-state index in [1.54, 1.807) is 7.11 Å². The number of para-hydroxylation sites is 1. The van der Waals surface area contributed by atoms with Gasteiger partial charge in [0.05, 0.1) is 7.11 Å². The summed E-state index contributed by atoms with van der Waals surface area (Å²) in [5.41, 5.74) is 4.98. The molecule has 0 saturated carbocycles. The first kappa shape index (κ1) is 20.8. The fourth-order valence-corrected chi connectivity index (χ4v) is 3.05. The third-order valence-corrected chi connectivity index (χ3v) is 4.38. The number of hydrogen-bond donors (Lipinski definition) is 1. The van der Waals surface area contributed by atoms with Crippen molar-refractivity contribution < 1.29 is 4.74 Å². The molecule has 0 unspecified atom stereocenters. The predicted octanol–water partition coefficient (Wildman–Crippen LogP) is 5.38. The van der Waals surface area contributed by atoms with Crippen LogP contribution in [0.15, 0.2) is 91.0 Å². The summed E-state index contributed by atoms with van der Waals surface area (Å²) < 4.78 is 5.42. The average molecular weight is 380 g/mol. The fraction of sp³-hybridized carbons (Fsp3) is 0.167. The van der Waals surface area contributed by atoms with Gasteiger partial charge < -0.3 is 10.1 Å². The Labute approximate surface area is 168 Å². The van der Waals surface area contributed by atoms with E-state index in [4.69, 9.17) is 4.74 Å². The van der Waals surface area contributed by atoms with Crippen molar-refractivity contribution in [2.45, 2.75) is 6.42 Å². The molecule has 0 aliphatic heterocycles. The molecule has 2 nitrogen and oxygen atoms in total. The highest BCUT2D eigenvalue weighted by Gasteiger charge is 2.04. The Bertz CT molecular complexity index is 790. The minimum absolute atomic E-state index is 0. The van der Waals surface area contributed by atoms with Crippen LogP contribution in [0.1, 0.15) is 16.7 Å².